The lowest BCUT2D eigenvalue weighted by atomic mass is 10.1. The van der Waals surface area contributed by atoms with Crippen molar-refractivity contribution in [3.05, 3.63) is 62.0 Å². The average molecular weight is 374 g/mol. The number of amides is 1. The maximum Gasteiger partial charge on any atom is 0.250 e. The molecule has 0 radical (unpaired) electrons. The third kappa shape index (κ3) is 3.66. The molecule has 0 aliphatic carbocycles. The predicted molar refractivity (Wildman–Crippen MR) is 86.4 cm³/mol. The van der Waals surface area contributed by atoms with E-state index in [2.05, 4.69) is 21.2 Å². The fourth-order valence-electron chi connectivity index (χ4n) is 1.68. The van der Waals surface area contributed by atoms with Crippen molar-refractivity contribution in [2.45, 2.75) is 6.54 Å². The number of nitrogens with one attached hydrogen (secondary N) is 1. The average Bonchev–Trinajstić information content (AvgIpc) is 2.41. The molecule has 104 valence electrons. The zero-order valence-electron chi connectivity index (χ0n) is 10.3. The van der Waals surface area contributed by atoms with Crippen LogP contribution in [0.4, 0.5) is 5.69 Å². The summed E-state index contributed by atoms with van der Waals surface area (Å²) in [7, 11) is 0. The van der Waals surface area contributed by atoms with Crippen molar-refractivity contribution >= 4 is 50.7 Å². The van der Waals surface area contributed by atoms with Gasteiger partial charge in [0.25, 0.3) is 0 Å². The standard InChI is InChI=1S/C14H11BrCl2N2O/c15-11-3-1-8(5-13(11)17)7-19-9-2-4-12(16)10(6-9)14(18)20/h1-6,19H,7H2,(H2,18,20). The number of hydrogen-bond donors (Lipinski definition) is 2. The van der Waals surface area contributed by atoms with Gasteiger partial charge in [0, 0.05) is 16.7 Å². The van der Waals surface area contributed by atoms with Gasteiger partial charge in [0.2, 0.25) is 5.91 Å². The molecule has 2 aromatic carbocycles. The molecular formula is C14H11BrCl2N2O. The second-order valence-corrected chi connectivity index (χ2v) is 5.83. The van der Waals surface area contributed by atoms with Gasteiger partial charge in [-0.15, -0.1) is 0 Å². The molecule has 2 aromatic rings. The summed E-state index contributed by atoms with van der Waals surface area (Å²) in [4.78, 5) is 11.2. The predicted octanol–water partition coefficient (Wildman–Crippen LogP) is 4.47. The number of hydrogen-bond acceptors (Lipinski definition) is 2. The molecule has 0 atom stereocenters. The summed E-state index contributed by atoms with van der Waals surface area (Å²) < 4.78 is 0.852. The van der Waals surface area contributed by atoms with E-state index in [1.54, 1.807) is 18.2 Å². The Morgan fingerprint density at radius 2 is 1.90 bits per heavy atom. The normalized spacial score (nSPS) is 10.3. The van der Waals surface area contributed by atoms with Crippen LogP contribution in [0, 0.1) is 0 Å². The Bertz CT molecular complexity index is 662. The molecule has 0 unspecified atom stereocenters. The summed E-state index contributed by atoms with van der Waals surface area (Å²) in [5.41, 5.74) is 7.34. The molecule has 0 saturated carbocycles. The SMILES string of the molecule is NC(=O)c1cc(NCc2ccc(Br)c(Cl)c2)ccc1Cl. The van der Waals surface area contributed by atoms with Crippen LogP contribution in [0.5, 0.6) is 0 Å². The second kappa shape index (κ2) is 6.48. The Morgan fingerprint density at radius 1 is 1.15 bits per heavy atom. The molecule has 2 rings (SSSR count). The van der Waals surface area contributed by atoms with E-state index in [1.807, 2.05) is 18.2 Å². The van der Waals surface area contributed by atoms with Gasteiger partial charge in [-0.25, -0.2) is 0 Å². The maximum absolute atomic E-state index is 11.2. The fraction of sp³-hybridized carbons (Fsp3) is 0.0714. The van der Waals surface area contributed by atoms with E-state index in [4.69, 9.17) is 28.9 Å². The monoisotopic (exact) mass is 372 g/mol. The molecule has 0 fully saturated rings. The number of benzene rings is 2. The van der Waals surface area contributed by atoms with E-state index in [1.165, 1.54) is 0 Å². The van der Waals surface area contributed by atoms with E-state index in [0.717, 1.165) is 15.7 Å². The van der Waals surface area contributed by atoms with Crippen LogP contribution in [-0.4, -0.2) is 5.91 Å². The third-order valence-corrected chi connectivity index (χ3v) is 4.27. The molecule has 0 aliphatic heterocycles. The van der Waals surface area contributed by atoms with Crippen LogP contribution in [0.25, 0.3) is 0 Å². The molecule has 6 heteroatoms. The van der Waals surface area contributed by atoms with E-state index >= 15 is 0 Å². The first-order valence-corrected chi connectivity index (χ1v) is 7.29. The largest absolute Gasteiger partial charge is 0.381 e. The van der Waals surface area contributed by atoms with Gasteiger partial charge in [-0.05, 0) is 51.8 Å². The second-order valence-electron chi connectivity index (χ2n) is 4.16. The molecule has 0 aliphatic rings. The number of halogens is 3. The Kier molecular flexibility index (Phi) is 4.91. The molecule has 0 saturated heterocycles. The van der Waals surface area contributed by atoms with E-state index in [0.29, 0.717) is 22.2 Å². The van der Waals surface area contributed by atoms with Crippen molar-refractivity contribution in [3.8, 4) is 0 Å². The van der Waals surface area contributed by atoms with Crippen LogP contribution in [0.15, 0.2) is 40.9 Å². The molecular weight excluding hydrogens is 363 g/mol. The molecule has 1 amide bonds. The van der Waals surface area contributed by atoms with Crippen LogP contribution in [-0.2, 0) is 6.54 Å². The minimum Gasteiger partial charge on any atom is -0.381 e. The van der Waals surface area contributed by atoms with E-state index in [-0.39, 0.29) is 0 Å². The van der Waals surface area contributed by atoms with Crippen molar-refractivity contribution < 1.29 is 4.79 Å². The van der Waals surface area contributed by atoms with Crippen molar-refractivity contribution in [2.24, 2.45) is 5.73 Å². The topological polar surface area (TPSA) is 55.1 Å². The van der Waals surface area contributed by atoms with Gasteiger partial charge in [0.1, 0.15) is 0 Å². The van der Waals surface area contributed by atoms with Crippen molar-refractivity contribution in [1.82, 2.24) is 0 Å². The Morgan fingerprint density at radius 3 is 2.55 bits per heavy atom. The molecule has 0 bridgehead atoms. The summed E-state index contributed by atoms with van der Waals surface area (Å²) in [5.74, 6) is -0.551. The van der Waals surface area contributed by atoms with E-state index < -0.39 is 5.91 Å². The number of rotatable bonds is 4. The number of nitrogens with two attached hydrogens (primary N) is 1. The molecule has 20 heavy (non-hydrogen) atoms. The number of primary amides is 1. The molecule has 0 spiro atoms. The van der Waals surface area contributed by atoms with Gasteiger partial charge < -0.3 is 11.1 Å². The van der Waals surface area contributed by atoms with Crippen LogP contribution in [0.1, 0.15) is 15.9 Å². The molecule has 0 aromatic heterocycles. The van der Waals surface area contributed by atoms with Crippen LogP contribution < -0.4 is 11.1 Å². The lowest BCUT2D eigenvalue weighted by Crippen LogP contribution is -2.12. The first-order chi connectivity index (χ1) is 9.47. The van der Waals surface area contributed by atoms with Gasteiger partial charge in [-0.2, -0.15) is 0 Å². The fourth-order valence-corrected chi connectivity index (χ4v) is 2.34. The Labute approximate surface area is 135 Å². The Balaban J connectivity index is 2.12. The van der Waals surface area contributed by atoms with Crippen LogP contribution in [0.3, 0.4) is 0 Å². The number of anilines is 1. The number of carbonyl (C=O) groups excluding carboxylic acids is 1. The Hall–Kier alpha value is -1.23. The van der Waals surface area contributed by atoms with Gasteiger partial charge in [-0.1, -0.05) is 29.3 Å². The highest BCUT2D eigenvalue weighted by Gasteiger charge is 2.07. The zero-order valence-corrected chi connectivity index (χ0v) is 13.4. The molecule has 3 N–H and O–H groups in total. The summed E-state index contributed by atoms with van der Waals surface area (Å²) in [6, 6.07) is 10.8. The van der Waals surface area contributed by atoms with Crippen molar-refractivity contribution in [1.29, 1.82) is 0 Å². The van der Waals surface area contributed by atoms with Gasteiger partial charge >= 0.3 is 0 Å². The maximum atomic E-state index is 11.2. The highest BCUT2D eigenvalue weighted by molar-refractivity contribution is 9.10. The first-order valence-electron chi connectivity index (χ1n) is 5.74. The highest BCUT2D eigenvalue weighted by Crippen LogP contribution is 2.24. The summed E-state index contributed by atoms with van der Waals surface area (Å²) in [5, 5.41) is 4.18. The summed E-state index contributed by atoms with van der Waals surface area (Å²) in [6.07, 6.45) is 0. The minimum absolute atomic E-state index is 0.297. The summed E-state index contributed by atoms with van der Waals surface area (Å²) in [6.45, 7) is 0.576. The smallest absolute Gasteiger partial charge is 0.250 e. The van der Waals surface area contributed by atoms with Crippen molar-refractivity contribution in [2.75, 3.05) is 5.32 Å². The van der Waals surface area contributed by atoms with Crippen LogP contribution in [0.2, 0.25) is 10.0 Å². The third-order valence-electron chi connectivity index (χ3n) is 2.71. The van der Waals surface area contributed by atoms with Gasteiger partial charge in [-0.3, -0.25) is 4.79 Å². The molecule has 0 heterocycles. The van der Waals surface area contributed by atoms with E-state index in [9.17, 15) is 4.79 Å². The first kappa shape index (κ1) is 15.2. The van der Waals surface area contributed by atoms with Crippen LogP contribution >= 0.6 is 39.1 Å². The molecule has 3 nitrogen and oxygen atoms in total. The highest BCUT2D eigenvalue weighted by atomic mass is 79.9. The van der Waals surface area contributed by atoms with Gasteiger partial charge in [0.15, 0.2) is 0 Å². The van der Waals surface area contributed by atoms with Crippen molar-refractivity contribution in [3.63, 3.8) is 0 Å². The minimum atomic E-state index is -0.551. The zero-order chi connectivity index (χ0) is 14.7. The summed E-state index contributed by atoms with van der Waals surface area (Å²) >= 11 is 15.3. The lowest BCUT2D eigenvalue weighted by molar-refractivity contribution is 0.100. The van der Waals surface area contributed by atoms with Gasteiger partial charge in [0.05, 0.1) is 15.6 Å². The quantitative estimate of drug-likeness (QED) is 0.830. The number of carbonyl (C=O) groups is 1. The lowest BCUT2D eigenvalue weighted by Gasteiger charge is -2.09.